The number of hydrogen-bond donors (Lipinski definition) is 8. The van der Waals surface area contributed by atoms with Gasteiger partial charge in [0.2, 0.25) is 0 Å². The zero-order chi connectivity index (χ0) is 43.8. The first kappa shape index (κ1) is 52.9. The van der Waals surface area contributed by atoms with Crippen LogP contribution in [0, 0.1) is 0 Å². The fraction of sp³-hybridized carbons (Fsp3) is 0.304. The molecule has 0 spiro atoms. The van der Waals surface area contributed by atoms with Crippen LogP contribution in [-0.4, -0.2) is 134 Å². The smallest absolute Gasteiger partial charge is 0.132 e. The van der Waals surface area contributed by atoms with E-state index in [1.807, 2.05) is 97.3 Å². The Morgan fingerprint density at radius 2 is 0.906 bits per heavy atom. The number of aromatic nitrogens is 4. The SMILES string of the molecule is OC[C@H]1O[C@@H](SCc2ccnc(-c3ncccc3CS[C@@H]3O[C@H](CO)[C@@H](O)[C@H](O)[C@H]3O)c2)[C@H](O)[C@@H](O)[C@@H]1O.[Cl-].[Ir].c1ccc(-c2ccccn2)cc1.c1ccc(-c2ccccn2)cc1. The molecule has 8 N–H and O–H groups in total. The first-order valence-corrected chi connectivity index (χ1v) is 21.9. The van der Waals surface area contributed by atoms with E-state index >= 15 is 0 Å². The second-order valence-electron chi connectivity index (χ2n) is 14.2. The first-order chi connectivity index (χ1) is 30.2. The molecular formula is C46H50ClIrN4O10S2-. The minimum absolute atomic E-state index is 0. The molecule has 343 valence electrons. The van der Waals surface area contributed by atoms with E-state index in [0.29, 0.717) is 22.9 Å². The van der Waals surface area contributed by atoms with E-state index in [0.717, 1.165) is 33.6 Å². The summed E-state index contributed by atoms with van der Waals surface area (Å²) in [6, 6.07) is 39.4. The molecule has 2 aliphatic heterocycles. The molecule has 10 atom stereocenters. The number of aliphatic hydroxyl groups is 8. The number of ether oxygens (including phenoxy) is 2. The van der Waals surface area contributed by atoms with E-state index in [1.54, 1.807) is 24.5 Å². The maximum atomic E-state index is 10.3. The Morgan fingerprint density at radius 3 is 1.38 bits per heavy atom. The third-order valence-electron chi connectivity index (χ3n) is 9.94. The van der Waals surface area contributed by atoms with Gasteiger partial charge in [0, 0.05) is 67.5 Å². The van der Waals surface area contributed by atoms with Crippen LogP contribution in [0.3, 0.4) is 0 Å². The van der Waals surface area contributed by atoms with Crippen molar-refractivity contribution in [2.24, 2.45) is 0 Å². The summed E-state index contributed by atoms with van der Waals surface area (Å²) in [5.74, 6) is 0.706. The summed E-state index contributed by atoms with van der Waals surface area (Å²) < 4.78 is 11.1. The van der Waals surface area contributed by atoms with Crippen LogP contribution in [0.25, 0.3) is 33.9 Å². The van der Waals surface area contributed by atoms with Crippen LogP contribution in [-0.2, 0) is 41.1 Å². The molecule has 0 aliphatic carbocycles. The summed E-state index contributed by atoms with van der Waals surface area (Å²) in [6.07, 6.45) is -3.53. The molecule has 64 heavy (non-hydrogen) atoms. The van der Waals surface area contributed by atoms with Crippen LogP contribution >= 0.6 is 23.5 Å². The van der Waals surface area contributed by atoms with Crippen LogP contribution in [0.2, 0.25) is 0 Å². The van der Waals surface area contributed by atoms with Crippen molar-refractivity contribution in [3.8, 4) is 33.9 Å². The third kappa shape index (κ3) is 14.4. The van der Waals surface area contributed by atoms with Crippen molar-refractivity contribution in [3.63, 3.8) is 0 Å². The minimum atomic E-state index is -1.45. The van der Waals surface area contributed by atoms with Crippen LogP contribution < -0.4 is 12.4 Å². The van der Waals surface area contributed by atoms with Gasteiger partial charge in [0.1, 0.15) is 59.7 Å². The van der Waals surface area contributed by atoms with E-state index in [-0.39, 0.29) is 32.5 Å². The quantitative estimate of drug-likeness (QED) is 0.0894. The number of pyridine rings is 4. The molecule has 14 nitrogen and oxygen atoms in total. The molecule has 1 radical (unpaired) electrons. The van der Waals surface area contributed by atoms with Crippen molar-refractivity contribution in [3.05, 3.63) is 157 Å². The summed E-state index contributed by atoms with van der Waals surface area (Å²) >= 11 is 2.40. The molecule has 2 aliphatic rings. The number of nitrogens with zero attached hydrogens (tertiary/aromatic N) is 4. The Kier molecular flexibility index (Phi) is 22.4. The summed E-state index contributed by atoms with van der Waals surface area (Å²) in [5.41, 5.74) is 5.41. The largest absolute Gasteiger partial charge is 1.00 e. The Labute approximate surface area is 399 Å². The standard InChI is InChI=1S/C24H32N2O10S2.2C11H9N.ClH.Ir/c27-7-14-17(29)19(31)21(33)23(35-14)37-9-11-3-5-25-13(6-11)16-12(2-1-4-26-16)10-38-24-22(34)20(32)18(30)15(8-28)36-24;2*1-2-6-10(7-3-1)11-8-4-5-9-12-11;;/h1-6,14-15,17-24,27-34H,7-10H2;2*1-9H;1H;/p-1/t14-,15-,17-,18-,19+,20+,21-,22-,23+,24+;;;;/m1..../s1. The Morgan fingerprint density at radius 1 is 0.453 bits per heavy atom. The fourth-order valence-corrected chi connectivity index (χ4v) is 8.80. The molecule has 0 unspecified atom stereocenters. The van der Waals surface area contributed by atoms with Crippen LogP contribution in [0.1, 0.15) is 11.1 Å². The summed E-state index contributed by atoms with van der Waals surface area (Å²) in [7, 11) is 0. The van der Waals surface area contributed by atoms with Gasteiger partial charge in [0.15, 0.2) is 0 Å². The Hall–Kier alpha value is -3.72. The number of thioether (sulfide) groups is 2. The van der Waals surface area contributed by atoms with Crippen molar-refractivity contribution in [1.82, 2.24) is 19.9 Å². The normalized spacial score (nSPS) is 24.9. The van der Waals surface area contributed by atoms with Crippen LogP contribution in [0.5, 0.6) is 0 Å². The van der Waals surface area contributed by atoms with E-state index in [2.05, 4.69) is 44.2 Å². The van der Waals surface area contributed by atoms with Crippen LogP contribution in [0.15, 0.2) is 146 Å². The minimum Gasteiger partial charge on any atom is -1.00 e. The number of benzene rings is 2. The van der Waals surface area contributed by atoms with Crippen molar-refractivity contribution in [2.45, 2.75) is 71.2 Å². The molecule has 2 saturated heterocycles. The van der Waals surface area contributed by atoms with Gasteiger partial charge in [-0.3, -0.25) is 19.9 Å². The summed E-state index contributed by atoms with van der Waals surface area (Å²) in [5, 5.41) is 79.4. The summed E-state index contributed by atoms with van der Waals surface area (Å²) in [4.78, 5) is 17.4. The van der Waals surface area contributed by atoms with Gasteiger partial charge >= 0.3 is 0 Å². The first-order valence-electron chi connectivity index (χ1n) is 19.8. The maximum Gasteiger partial charge on any atom is 0.132 e. The molecule has 8 rings (SSSR count). The maximum absolute atomic E-state index is 10.3. The zero-order valence-corrected chi connectivity index (χ0v) is 39.0. The second kappa shape index (κ2) is 27.0. The molecule has 0 bridgehead atoms. The molecule has 2 fully saturated rings. The van der Waals surface area contributed by atoms with E-state index in [1.165, 1.54) is 23.5 Å². The number of hydrogen-bond acceptors (Lipinski definition) is 16. The number of halogens is 1. The second-order valence-corrected chi connectivity index (χ2v) is 16.4. The van der Waals surface area contributed by atoms with Crippen molar-refractivity contribution < 1.29 is 82.8 Å². The van der Waals surface area contributed by atoms with Gasteiger partial charge in [-0.15, -0.1) is 23.5 Å². The van der Waals surface area contributed by atoms with Gasteiger partial charge in [-0.25, -0.2) is 0 Å². The van der Waals surface area contributed by atoms with Gasteiger partial charge < -0.3 is 62.7 Å². The average Bonchev–Trinajstić information content (AvgIpc) is 3.34. The van der Waals surface area contributed by atoms with Gasteiger partial charge in [-0.1, -0.05) is 78.9 Å². The monoisotopic (exact) mass is 1110 g/mol. The number of aliphatic hydroxyl groups excluding tert-OH is 8. The zero-order valence-electron chi connectivity index (χ0n) is 34.2. The van der Waals surface area contributed by atoms with E-state index in [4.69, 9.17) is 9.47 Å². The van der Waals surface area contributed by atoms with E-state index < -0.39 is 72.9 Å². The van der Waals surface area contributed by atoms with Crippen molar-refractivity contribution >= 4 is 23.5 Å². The van der Waals surface area contributed by atoms with Gasteiger partial charge in [-0.05, 0) is 53.6 Å². The molecule has 6 heterocycles. The molecule has 0 saturated carbocycles. The van der Waals surface area contributed by atoms with Crippen molar-refractivity contribution in [2.75, 3.05) is 13.2 Å². The molecule has 0 amide bonds. The molecule has 18 heteroatoms. The Balaban J connectivity index is 0.000000278. The molecule has 6 aromatic rings. The predicted molar refractivity (Wildman–Crippen MR) is 237 cm³/mol. The fourth-order valence-electron chi connectivity index (χ4n) is 6.52. The topological polar surface area (TPSA) is 232 Å². The van der Waals surface area contributed by atoms with Gasteiger partial charge in [0.25, 0.3) is 0 Å². The Bertz CT molecular complexity index is 2070. The van der Waals surface area contributed by atoms with Crippen LogP contribution in [0.4, 0.5) is 0 Å². The molecule has 2 aromatic carbocycles. The molecule has 4 aromatic heterocycles. The van der Waals surface area contributed by atoms with E-state index in [9.17, 15) is 40.9 Å². The predicted octanol–water partition coefficient (Wildman–Crippen LogP) is 0.709. The number of rotatable bonds is 11. The molecular weight excluding hydrogens is 1060 g/mol. The van der Waals surface area contributed by atoms with Crippen molar-refractivity contribution in [1.29, 1.82) is 0 Å². The van der Waals surface area contributed by atoms with Gasteiger partial charge in [0.05, 0.1) is 36.0 Å². The van der Waals surface area contributed by atoms with Gasteiger partial charge in [-0.2, -0.15) is 0 Å². The third-order valence-corrected chi connectivity index (χ3v) is 12.4. The average molecular weight is 1110 g/mol. The summed E-state index contributed by atoms with van der Waals surface area (Å²) in [6.45, 7) is -0.997.